The van der Waals surface area contributed by atoms with Crippen molar-refractivity contribution in [3.05, 3.63) is 34.6 Å². The van der Waals surface area contributed by atoms with E-state index in [1.54, 1.807) is 13.8 Å². The molecule has 2 unspecified atom stereocenters. The van der Waals surface area contributed by atoms with E-state index in [1.165, 1.54) is 6.07 Å². The zero-order valence-corrected chi connectivity index (χ0v) is 11.3. The predicted molar refractivity (Wildman–Crippen MR) is 68.7 cm³/mol. The highest BCUT2D eigenvalue weighted by Crippen LogP contribution is 2.27. The smallest absolute Gasteiger partial charge is 0.308 e. The van der Waals surface area contributed by atoms with Crippen LogP contribution in [0.5, 0.6) is 0 Å². The first-order valence-electron chi connectivity index (χ1n) is 6.18. The second-order valence-corrected chi connectivity index (χ2v) is 4.33. The minimum absolute atomic E-state index is 0.0169. The third-order valence-electron chi connectivity index (χ3n) is 2.91. The summed E-state index contributed by atoms with van der Waals surface area (Å²) in [5.41, 5.74) is 0.112. The van der Waals surface area contributed by atoms with Gasteiger partial charge in [-0.3, -0.25) is 9.59 Å². The number of benzene rings is 1. The van der Waals surface area contributed by atoms with Crippen molar-refractivity contribution in [2.45, 2.75) is 32.5 Å². The Kier molecular flexibility index (Phi) is 5.79. The van der Waals surface area contributed by atoms with Crippen LogP contribution in [0, 0.1) is 12.7 Å². The van der Waals surface area contributed by atoms with Crippen molar-refractivity contribution in [3.63, 3.8) is 0 Å². The summed E-state index contributed by atoms with van der Waals surface area (Å²) in [5.74, 6) is -1.47. The molecule has 20 heavy (non-hydrogen) atoms. The molecule has 2 N–H and O–H groups in total. The summed E-state index contributed by atoms with van der Waals surface area (Å²) in [7, 11) is 0. The van der Waals surface area contributed by atoms with E-state index in [0.29, 0.717) is 5.56 Å². The van der Waals surface area contributed by atoms with E-state index in [-0.39, 0.29) is 24.0 Å². The lowest BCUT2D eigenvalue weighted by Crippen LogP contribution is -2.25. The number of esters is 1. The van der Waals surface area contributed by atoms with Gasteiger partial charge in [0, 0.05) is 0 Å². The van der Waals surface area contributed by atoms with E-state index in [0.717, 1.165) is 6.07 Å². The molecule has 6 heteroatoms. The number of aldehydes is 1. The molecule has 0 aromatic heterocycles. The average Bonchev–Trinajstić information content (AvgIpc) is 2.40. The van der Waals surface area contributed by atoms with Crippen LogP contribution in [0.2, 0.25) is 0 Å². The fraction of sp³-hybridized carbons (Fsp3) is 0.429. The second-order valence-electron chi connectivity index (χ2n) is 4.33. The predicted octanol–water partition coefficient (Wildman–Crippen LogP) is 1.29. The molecule has 0 fully saturated rings. The van der Waals surface area contributed by atoms with Gasteiger partial charge in [-0.2, -0.15) is 0 Å². The summed E-state index contributed by atoms with van der Waals surface area (Å²) in [4.78, 5) is 22.2. The lowest BCUT2D eigenvalue weighted by atomic mass is 9.93. The topological polar surface area (TPSA) is 83.8 Å². The molecule has 0 aliphatic carbocycles. The molecule has 110 valence electrons. The van der Waals surface area contributed by atoms with Crippen molar-refractivity contribution in [1.82, 2.24) is 0 Å². The van der Waals surface area contributed by atoms with Crippen molar-refractivity contribution in [3.8, 4) is 0 Å². The van der Waals surface area contributed by atoms with E-state index in [1.807, 2.05) is 0 Å². The summed E-state index contributed by atoms with van der Waals surface area (Å²) >= 11 is 0. The molecule has 0 radical (unpaired) electrons. The van der Waals surface area contributed by atoms with Crippen molar-refractivity contribution < 1.29 is 28.9 Å². The molecule has 5 nitrogen and oxygen atoms in total. The van der Waals surface area contributed by atoms with Crippen molar-refractivity contribution in [2.75, 3.05) is 6.61 Å². The number of hydrogen-bond acceptors (Lipinski definition) is 5. The average molecular weight is 284 g/mol. The van der Waals surface area contributed by atoms with Crippen LogP contribution in [0.1, 0.15) is 40.9 Å². The maximum atomic E-state index is 13.5. The molecule has 0 bridgehead atoms. The zero-order valence-electron chi connectivity index (χ0n) is 11.3. The molecule has 0 aliphatic rings. The van der Waals surface area contributed by atoms with Crippen molar-refractivity contribution in [1.29, 1.82) is 0 Å². The van der Waals surface area contributed by atoms with Crippen LogP contribution in [-0.2, 0) is 9.53 Å². The lowest BCUT2D eigenvalue weighted by molar-refractivity contribution is -0.147. The zero-order chi connectivity index (χ0) is 15.3. The van der Waals surface area contributed by atoms with E-state index < -0.39 is 30.4 Å². The van der Waals surface area contributed by atoms with Crippen molar-refractivity contribution in [2.24, 2.45) is 0 Å². The Balaban J connectivity index is 3.02. The second kappa shape index (κ2) is 7.12. The van der Waals surface area contributed by atoms with Gasteiger partial charge in [0.25, 0.3) is 0 Å². The van der Waals surface area contributed by atoms with Crippen LogP contribution < -0.4 is 0 Å². The summed E-state index contributed by atoms with van der Waals surface area (Å²) in [6.45, 7) is 3.34. The molecule has 0 aliphatic heterocycles. The fourth-order valence-corrected chi connectivity index (χ4v) is 1.93. The van der Waals surface area contributed by atoms with Gasteiger partial charge in [0.2, 0.25) is 0 Å². The molecule has 0 amide bonds. The van der Waals surface area contributed by atoms with Gasteiger partial charge in [-0.25, -0.2) is 4.39 Å². The number of aliphatic hydroxyl groups is 2. The SMILES string of the molecule is CCOC(=O)CC(O)C(O)c1c(C)ccc(F)c1C=O. The number of aryl methyl sites for hydroxylation is 1. The first-order valence-corrected chi connectivity index (χ1v) is 6.18. The monoisotopic (exact) mass is 284 g/mol. The van der Waals surface area contributed by atoms with Crippen LogP contribution in [-0.4, -0.2) is 35.2 Å². The molecular weight excluding hydrogens is 267 g/mol. The number of aliphatic hydroxyl groups excluding tert-OH is 2. The number of hydrogen-bond donors (Lipinski definition) is 2. The Morgan fingerprint density at radius 1 is 1.45 bits per heavy atom. The van der Waals surface area contributed by atoms with Gasteiger partial charge < -0.3 is 14.9 Å². The van der Waals surface area contributed by atoms with Crippen LogP contribution in [0.3, 0.4) is 0 Å². The number of halogens is 1. The van der Waals surface area contributed by atoms with E-state index in [4.69, 9.17) is 0 Å². The largest absolute Gasteiger partial charge is 0.466 e. The van der Waals surface area contributed by atoms with Crippen LogP contribution >= 0.6 is 0 Å². The minimum Gasteiger partial charge on any atom is -0.466 e. The molecule has 0 saturated carbocycles. The number of carbonyl (C=O) groups excluding carboxylic acids is 2. The molecular formula is C14H17FO5. The summed E-state index contributed by atoms with van der Waals surface area (Å²) in [5, 5.41) is 19.9. The van der Waals surface area contributed by atoms with Gasteiger partial charge in [-0.15, -0.1) is 0 Å². The number of rotatable bonds is 6. The molecule has 0 heterocycles. The lowest BCUT2D eigenvalue weighted by Gasteiger charge is -2.21. The highest BCUT2D eigenvalue weighted by atomic mass is 19.1. The third kappa shape index (κ3) is 3.61. The Morgan fingerprint density at radius 3 is 2.65 bits per heavy atom. The minimum atomic E-state index is -1.55. The summed E-state index contributed by atoms with van der Waals surface area (Å²) < 4.78 is 18.2. The normalized spacial score (nSPS) is 13.7. The molecule has 0 saturated heterocycles. The third-order valence-corrected chi connectivity index (χ3v) is 2.91. The van der Waals surface area contributed by atoms with E-state index in [2.05, 4.69) is 4.74 Å². The van der Waals surface area contributed by atoms with E-state index >= 15 is 0 Å². The Morgan fingerprint density at radius 2 is 2.10 bits per heavy atom. The number of carbonyl (C=O) groups is 2. The van der Waals surface area contributed by atoms with Crippen LogP contribution in [0.25, 0.3) is 0 Å². The van der Waals surface area contributed by atoms with Crippen LogP contribution in [0.15, 0.2) is 12.1 Å². The van der Waals surface area contributed by atoms with E-state index in [9.17, 15) is 24.2 Å². The van der Waals surface area contributed by atoms with Gasteiger partial charge in [0.1, 0.15) is 11.9 Å². The Bertz CT molecular complexity index is 501. The van der Waals surface area contributed by atoms with Gasteiger partial charge in [-0.05, 0) is 31.0 Å². The Labute approximate surface area is 116 Å². The highest BCUT2D eigenvalue weighted by Gasteiger charge is 2.26. The highest BCUT2D eigenvalue weighted by molar-refractivity contribution is 5.79. The Hall–Kier alpha value is -1.79. The van der Waals surface area contributed by atoms with Gasteiger partial charge >= 0.3 is 5.97 Å². The van der Waals surface area contributed by atoms with Crippen molar-refractivity contribution >= 4 is 12.3 Å². The van der Waals surface area contributed by atoms with Gasteiger partial charge in [-0.1, -0.05) is 6.07 Å². The molecule has 1 aromatic carbocycles. The van der Waals surface area contributed by atoms with Gasteiger partial charge in [0.05, 0.1) is 24.7 Å². The fourth-order valence-electron chi connectivity index (χ4n) is 1.93. The maximum Gasteiger partial charge on any atom is 0.308 e. The summed E-state index contributed by atoms with van der Waals surface area (Å²) in [6, 6.07) is 2.49. The molecule has 1 aromatic rings. The maximum absolute atomic E-state index is 13.5. The van der Waals surface area contributed by atoms with Gasteiger partial charge in [0.15, 0.2) is 6.29 Å². The summed E-state index contributed by atoms with van der Waals surface area (Å²) in [6.07, 6.45) is -3.19. The molecule has 0 spiro atoms. The number of ether oxygens (including phenoxy) is 1. The van der Waals surface area contributed by atoms with Crippen LogP contribution in [0.4, 0.5) is 4.39 Å². The first kappa shape index (κ1) is 16.3. The standard InChI is InChI=1S/C14H17FO5/c1-3-20-12(18)6-11(17)14(19)13-8(2)4-5-10(15)9(13)7-16/h4-5,7,11,14,17,19H,3,6H2,1-2H3. The molecule has 2 atom stereocenters. The molecule has 1 rings (SSSR count). The quantitative estimate of drug-likeness (QED) is 0.607. The first-order chi connectivity index (χ1) is 9.42.